The van der Waals surface area contributed by atoms with Gasteiger partial charge in [-0.1, -0.05) is 34.6 Å². The predicted molar refractivity (Wildman–Crippen MR) is 50.8 cm³/mol. The summed E-state index contributed by atoms with van der Waals surface area (Å²) < 4.78 is 27.3. The van der Waals surface area contributed by atoms with Crippen LogP contribution < -0.4 is 0 Å². The third kappa shape index (κ3) is 1.49. The van der Waals surface area contributed by atoms with Gasteiger partial charge in [0.25, 0.3) is 5.92 Å². The van der Waals surface area contributed by atoms with Crippen LogP contribution >= 0.6 is 0 Å². The number of hydrogen-bond acceptors (Lipinski definition) is 0. The second-order valence-corrected chi connectivity index (χ2v) is 4.83. The van der Waals surface area contributed by atoms with E-state index in [-0.39, 0.29) is 11.8 Å². The van der Waals surface area contributed by atoms with Crippen molar-refractivity contribution in [2.45, 2.75) is 40.5 Å². The first-order valence-corrected chi connectivity index (χ1v) is 5.18. The van der Waals surface area contributed by atoms with Crippen LogP contribution in [0.4, 0.5) is 8.78 Å². The molecule has 0 N–H and O–H groups in total. The van der Waals surface area contributed by atoms with Gasteiger partial charge in [-0.2, -0.15) is 0 Å². The van der Waals surface area contributed by atoms with Crippen molar-refractivity contribution in [3.8, 4) is 0 Å². The molecule has 0 bridgehead atoms. The molecular formula is C11H20F2. The maximum absolute atomic E-state index is 13.7. The Morgan fingerprint density at radius 1 is 0.692 bits per heavy atom. The molecular weight excluding hydrogens is 170 g/mol. The summed E-state index contributed by atoms with van der Waals surface area (Å²) in [5.41, 5.74) is 0. The van der Waals surface area contributed by atoms with Gasteiger partial charge in [-0.15, -0.1) is 0 Å². The lowest BCUT2D eigenvalue weighted by atomic mass is 9.62. The van der Waals surface area contributed by atoms with Crippen LogP contribution in [0.25, 0.3) is 0 Å². The SMILES string of the molecule is CC1C(C)C(C)C(F)(F)C(C)C1C. The Hall–Kier alpha value is -0.140. The lowest BCUT2D eigenvalue weighted by Gasteiger charge is -2.46. The first kappa shape index (κ1) is 10.9. The molecule has 78 valence electrons. The van der Waals surface area contributed by atoms with Gasteiger partial charge in [-0.3, -0.25) is 0 Å². The molecule has 13 heavy (non-hydrogen) atoms. The molecule has 0 nitrogen and oxygen atoms in total. The molecule has 0 aromatic rings. The van der Waals surface area contributed by atoms with E-state index >= 15 is 0 Å². The fourth-order valence-corrected chi connectivity index (χ4v) is 2.51. The Morgan fingerprint density at radius 3 is 1.31 bits per heavy atom. The van der Waals surface area contributed by atoms with Crippen molar-refractivity contribution < 1.29 is 8.78 Å². The van der Waals surface area contributed by atoms with Crippen LogP contribution in [0.1, 0.15) is 34.6 Å². The van der Waals surface area contributed by atoms with Crippen LogP contribution in [-0.4, -0.2) is 5.92 Å². The van der Waals surface area contributed by atoms with Gasteiger partial charge < -0.3 is 0 Å². The molecule has 0 aliphatic heterocycles. The minimum atomic E-state index is -2.48. The largest absolute Gasteiger partial charge is 0.253 e. The van der Waals surface area contributed by atoms with E-state index in [1.54, 1.807) is 13.8 Å². The molecule has 0 radical (unpaired) electrons. The number of alkyl halides is 2. The lowest BCUT2D eigenvalue weighted by molar-refractivity contribution is -0.173. The van der Waals surface area contributed by atoms with Crippen LogP contribution in [0.3, 0.4) is 0 Å². The van der Waals surface area contributed by atoms with Crippen molar-refractivity contribution in [1.82, 2.24) is 0 Å². The summed E-state index contributed by atoms with van der Waals surface area (Å²) in [6.07, 6.45) is 0. The average Bonchev–Trinajstić information content (AvgIpc) is 2.09. The summed E-state index contributed by atoms with van der Waals surface area (Å²) in [4.78, 5) is 0. The molecule has 0 spiro atoms. The van der Waals surface area contributed by atoms with E-state index in [2.05, 4.69) is 6.92 Å². The van der Waals surface area contributed by atoms with Crippen LogP contribution in [0, 0.1) is 29.6 Å². The van der Waals surface area contributed by atoms with Crippen molar-refractivity contribution in [3.05, 3.63) is 0 Å². The summed E-state index contributed by atoms with van der Waals surface area (Å²) in [6.45, 7) is 9.36. The predicted octanol–water partition coefficient (Wildman–Crippen LogP) is 3.82. The quantitative estimate of drug-likeness (QED) is 0.544. The zero-order valence-electron chi connectivity index (χ0n) is 9.14. The Kier molecular flexibility index (Phi) is 2.70. The normalized spacial score (nSPS) is 50.5. The van der Waals surface area contributed by atoms with Gasteiger partial charge in [0.1, 0.15) is 0 Å². The highest BCUT2D eigenvalue weighted by Crippen LogP contribution is 2.50. The minimum Gasteiger partial charge on any atom is -0.206 e. The van der Waals surface area contributed by atoms with E-state index in [0.29, 0.717) is 5.92 Å². The van der Waals surface area contributed by atoms with Gasteiger partial charge in [0.05, 0.1) is 0 Å². The molecule has 0 aromatic heterocycles. The molecule has 1 saturated carbocycles. The van der Waals surface area contributed by atoms with Gasteiger partial charge in [-0.25, -0.2) is 8.78 Å². The summed E-state index contributed by atoms with van der Waals surface area (Å²) in [5.74, 6) is -2.78. The van der Waals surface area contributed by atoms with Crippen molar-refractivity contribution in [3.63, 3.8) is 0 Å². The highest BCUT2D eigenvalue weighted by Gasteiger charge is 2.53. The molecule has 0 heterocycles. The second kappa shape index (κ2) is 3.21. The van der Waals surface area contributed by atoms with E-state index in [9.17, 15) is 8.78 Å². The lowest BCUT2D eigenvalue weighted by Crippen LogP contribution is -2.49. The molecule has 0 amide bonds. The third-order valence-corrected chi connectivity index (χ3v) is 4.45. The maximum Gasteiger partial charge on any atom is 0.253 e. The van der Waals surface area contributed by atoms with Crippen LogP contribution in [0.5, 0.6) is 0 Å². The smallest absolute Gasteiger partial charge is 0.206 e. The molecule has 0 aromatic carbocycles. The van der Waals surface area contributed by atoms with Crippen molar-refractivity contribution in [1.29, 1.82) is 0 Å². The van der Waals surface area contributed by atoms with Crippen LogP contribution in [0.15, 0.2) is 0 Å². The maximum atomic E-state index is 13.7. The molecule has 4 unspecified atom stereocenters. The first-order valence-electron chi connectivity index (χ1n) is 5.18. The number of hydrogen-bond donors (Lipinski definition) is 0. The van der Waals surface area contributed by atoms with Gasteiger partial charge in [0, 0.05) is 11.8 Å². The van der Waals surface area contributed by atoms with E-state index in [1.807, 2.05) is 13.8 Å². The molecule has 1 aliphatic carbocycles. The first-order chi connectivity index (χ1) is 5.80. The minimum absolute atomic E-state index is 0.126. The van der Waals surface area contributed by atoms with Crippen LogP contribution in [0.2, 0.25) is 0 Å². The highest BCUT2D eigenvalue weighted by atomic mass is 19.3. The van der Waals surface area contributed by atoms with E-state index in [0.717, 1.165) is 0 Å². The fraction of sp³-hybridized carbons (Fsp3) is 1.00. The van der Waals surface area contributed by atoms with E-state index in [1.165, 1.54) is 0 Å². The summed E-state index contributed by atoms with van der Waals surface area (Å²) in [5, 5.41) is 0. The van der Waals surface area contributed by atoms with Crippen molar-refractivity contribution >= 4 is 0 Å². The zero-order valence-corrected chi connectivity index (χ0v) is 9.14. The molecule has 1 aliphatic rings. The summed E-state index contributed by atoms with van der Waals surface area (Å²) in [7, 11) is 0. The summed E-state index contributed by atoms with van der Waals surface area (Å²) in [6, 6.07) is 0. The van der Waals surface area contributed by atoms with Crippen LogP contribution in [-0.2, 0) is 0 Å². The van der Waals surface area contributed by atoms with Gasteiger partial charge in [-0.05, 0) is 17.8 Å². The third-order valence-electron chi connectivity index (χ3n) is 4.45. The molecule has 2 heteroatoms. The zero-order chi connectivity index (χ0) is 10.4. The summed E-state index contributed by atoms with van der Waals surface area (Å²) >= 11 is 0. The Morgan fingerprint density at radius 2 is 1.00 bits per heavy atom. The van der Waals surface area contributed by atoms with Crippen molar-refractivity contribution in [2.24, 2.45) is 29.6 Å². The highest BCUT2D eigenvalue weighted by molar-refractivity contribution is 4.94. The fourth-order valence-electron chi connectivity index (χ4n) is 2.51. The molecule has 0 saturated heterocycles. The topological polar surface area (TPSA) is 0 Å². The second-order valence-electron chi connectivity index (χ2n) is 4.83. The van der Waals surface area contributed by atoms with E-state index in [4.69, 9.17) is 0 Å². The number of halogens is 2. The van der Waals surface area contributed by atoms with E-state index < -0.39 is 17.8 Å². The van der Waals surface area contributed by atoms with Crippen molar-refractivity contribution in [2.75, 3.05) is 0 Å². The Labute approximate surface area is 79.7 Å². The molecule has 4 atom stereocenters. The number of rotatable bonds is 0. The van der Waals surface area contributed by atoms with Gasteiger partial charge in [0.15, 0.2) is 0 Å². The van der Waals surface area contributed by atoms with Gasteiger partial charge >= 0.3 is 0 Å². The average molecular weight is 190 g/mol. The monoisotopic (exact) mass is 190 g/mol. The van der Waals surface area contributed by atoms with Gasteiger partial charge in [0.2, 0.25) is 0 Å². The Bertz CT molecular complexity index is 171. The standard InChI is InChI=1S/C11H20F2/c1-6-7(2)9(4)11(12,13)10(5)8(6)3/h6-10H,1-5H3. The molecule has 1 rings (SSSR count). The molecule has 1 fully saturated rings. The Balaban J connectivity index is 2.93.